The minimum atomic E-state index is -1.89. The molecule has 2 unspecified atom stereocenters. The van der Waals surface area contributed by atoms with Crippen molar-refractivity contribution in [3.05, 3.63) is 47.5 Å². The molecular formula is C31H40O16. The molecule has 4 rings (SSSR count). The Morgan fingerprint density at radius 1 is 0.660 bits per heavy atom. The molecule has 0 bridgehead atoms. The molecule has 2 aromatic rings. The number of benzene rings is 2. The highest BCUT2D eigenvalue weighted by atomic mass is 16.7. The number of methoxy groups -OCH3 is 1. The minimum absolute atomic E-state index is 0.0280. The molecule has 16 heteroatoms. The van der Waals surface area contributed by atoms with Crippen LogP contribution in [0.4, 0.5) is 0 Å². The van der Waals surface area contributed by atoms with Crippen molar-refractivity contribution in [2.45, 2.75) is 88.1 Å². The average Bonchev–Trinajstić information content (AvgIpc) is 3.02. The quantitative estimate of drug-likeness (QED) is 0.131. The second-order valence-electron chi connectivity index (χ2n) is 11.9. The molecule has 0 spiro atoms. The number of carboxylic acid groups (broad SMARTS) is 2. The Kier molecular flexibility index (Phi) is 11.5. The van der Waals surface area contributed by atoms with Crippen LogP contribution < -0.4 is 14.2 Å². The van der Waals surface area contributed by atoms with Gasteiger partial charge in [-0.3, -0.25) is 0 Å². The Morgan fingerprint density at radius 2 is 1.09 bits per heavy atom. The summed E-state index contributed by atoms with van der Waals surface area (Å²) in [5.74, 6) is -3.15. The van der Waals surface area contributed by atoms with Gasteiger partial charge >= 0.3 is 11.9 Å². The number of aromatic hydroxyl groups is 1. The number of aliphatic carboxylic acids is 2. The van der Waals surface area contributed by atoms with Gasteiger partial charge in [-0.1, -0.05) is 26.0 Å². The van der Waals surface area contributed by atoms with Crippen molar-refractivity contribution in [1.82, 2.24) is 0 Å². The molecule has 2 aromatic carbocycles. The number of carboxylic acids is 2. The van der Waals surface area contributed by atoms with Gasteiger partial charge in [-0.25, -0.2) is 9.59 Å². The normalized spacial score (nSPS) is 32.2. The van der Waals surface area contributed by atoms with Gasteiger partial charge in [-0.05, 0) is 60.1 Å². The molecule has 16 nitrogen and oxygen atoms in total. The van der Waals surface area contributed by atoms with Crippen molar-refractivity contribution in [3.8, 4) is 23.0 Å². The summed E-state index contributed by atoms with van der Waals surface area (Å²) >= 11 is 0. The molecule has 47 heavy (non-hydrogen) atoms. The third-order valence-corrected chi connectivity index (χ3v) is 8.45. The maximum atomic E-state index is 11.5. The summed E-state index contributed by atoms with van der Waals surface area (Å²) in [6.07, 6.45) is -17.0. The van der Waals surface area contributed by atoms with E-state index in [1.807, 2.05) is 13.8 Å². The summed E-state index contributed by atoms with van der Waals surface area (Å²) in [6, 6.07) is 9.55. The van der Waals surface area contributed by atoms with Crippen LogP contribution in [0.1, 0.15) is 25.0 Å². The predicted molar refractivity (Wildman–Crippen MR) is 157 cm³/mol. The Labute approximate surface area is 268 Å². The largest absolute Gasteiger partial charge is 0.504 e. The lowest BCUT2D eigenvalue weighted by atomic mass is 9.85. The Balaban J connectivity index is 1.43. The number of phenolic OH excluding ortho intramolecular Hbond substituents is 1. The van der Waals surface area contributed by atoms with Gasteiger partial charge in [0.2, 0.25) is 12.6 Å². The van der Waals surface area contributed by atoms with E-state index in [9.17, 15) is 55.5 Å². The maximum Gasteiger partial charge on any atom is 0.335 e. The summed E-state index contributed by atoms with van der Waals surface area (Å²) in [5.41, 5.74) is 1.50. The van der Waals surface area contributed by atoms with E-state index in [0.29, 0.717) is 18.4 Å². The van der Waals surface area contributed by atoms with Crippen LogP contribution in [0, 0.1) is 11.8 Å². The smallest absolute Gasteiger partial charge is 0.335 e. The number of rotatable bonds is 12. The average molecular weight is 669 g/mol. The third-order valence-electron chi connectivity index (χ3n) is 8.45. The Morgan fingerprint density at radius 3 is 1.53 bits per heavy atom. The van der Waals surface area contributed by atoms with E-state index in [1.54, 1.807) is 24.3 Å². The monoisotopic (exact) mass is 668 g/mol. The van der Waals surface area contributed by atoms with Crippen LogP contribution in [0.15, 0.2) is 36.4 Å². The molecule has 2 aliphatic rings. The number of aliphatic hydroxyl groups is 6. The number of hydrogen-bond acceptors (Lipinski definition) is 14. The lowest BCUT2D eigenvalue weighted by Crippen LogP contribution is -2.61. The summed E-state index contributed by atoms with van der Waals surface area (Å²) in [5, 5.41) is 89.7. The number of carbonyl (C=O) groups is 2. The van der Waals surface area contributed by atoms with E-state index >= 15 is 0 Å². The molecule has 9 N–H and O–H groups in total. The van der Waals surface area contributed by atoms with Crippen molar-refractivity contribution in [2.24, 2.45) is 11.8 Å². The second kappa shape index (κ2) is 15.0. The van der Waals surface area contributed by atoms with E-state index < -0.39 is 73.4 Å². The first-order valence-electron chi connectivity index (χ1n) is 14.8. The van der Waals surface area contributed by atoms with Crippen LogP contribution in [-0.2, 0) is 31.9 Å². The first-order valence-corrected chi connectivity index (χ1v) is 14.8. The zero-order valence-electron chi connectivity index (χ0n) is 25.7. The maximum absolute atomic E-state index is 11.5. The van der Waals surface area contributed by atoms with Crippen LogP contribution >= 0.6 is 0 Å². The van der Waals surface area contributed by atoms with Crippen molar-refractivity contribution < 1.29 is 79.2 Å². The van der Waals surface area contributed by atoms with Gasteiger partial charge in [0.1, 0.15) is 36.6 Å². The molecule has 0 aromatic heterocycles. The highest BCUT2D eigenvalue weighted by Crippen LogP contribution is 2.35. The van der Waals surface area contributed by atoms with Gasteiger partial charge in [0, 0.05) is 0 Å². The van der Waals surface area contributed by atoms with Crippen molar-refractivity contribution in [1.29, 1.82) is 0 Å². The van der Waals surface area contributed by atoms with E-state index in [1.165, 1.54) is 19.2 Å². The second-order valence-corrected chi connectivity index (χ2v) is 11.9. The van der Waals surface area contributed by atoms with Crippen LogP contribution in [0.5, 0.6) is 23.0 Å². The minimum Gasteiger partial charge on any atom is -0.504 e. The fourth-order valence-electron chi connectivity index (χ4n) is 5.42. The van der Waals surface area contributed by atoms with Gasteiger partial charge in [-0.2, -0.15) is 0 Å². The molecule has 2 heterocycles. The molecular weight excluding hydrogens is 628 g/mol. The van der Waals surface area contributed by atoms with Crippen molar-refractivity contribution in [2.75, 3.05) is 7.11 Å². The molecule has 0 saturated carbocycles. The van der Waals surface area contributed by atoms with Gasteiger partial charge in [0.15, 0.2) is 35.2 Å². The molecule has 2 aliphatic heterocycles. The molecule has 0 amide bonds. The van der Waals surface area contributed by atoms with E-state index in [-0.39, 0.29) is 34.8 Å². The van der Waals surface area contributed by atoms with E-state index in [4.69, 9.17) is 23.7 Å². The van der Waals surface area contributed by atoms with E-state index in [0.717, 1.165) is 5.56 Å². The molecule has 260 valence electrons. The highest BCUT2D eigenvalue weighted by Gasteiger charge is 2.49. The zero-order valence-corrected chi connectivity index (χ0v) is 25.7. The van der Waals surface area contributed by atoms with Crippen molar-refractivity contribution in [3.63, 3.8) is 0 Å². The topological polar surface area (TPSA) is 262 Å². The number of hydrogen-bond donors (Lipinski definition) is 9. The molecule has 12 atom stereocenters. The third kappa shape index (κ3) is 8.05. The zero-order chi connectivity index (χ0) is 34.7. The summed E-state index contributed by atoms with van der Waals surface area (Å²) in [6.45, 7) is 3.99. The Bertz CT molecular complexity index is 1400. The van der Waals surface area contributed by atoms with E-state index in [2.05, 4.69) is 0 Å². The lowest BCUT2D eigenvalue weighted by Gasteiger charge is -2.38. The van der Waals surface area contributed by atoms with Gasteiger partial charge in [0.25, 0.3) is 0 Å². The molecule has 2 saturated heterocycles. The van der Waals surface area contributed by atoms with Gasteiger partial charge in [-0.15, -0.1) is 0 Å². The van der Waals surface area contributed by atoms with Gasteiger partial charge in [0.05, 0.1) is 7.11 Å². The standard InChI is InChI=1S/C31H40O16/c1-12(8-14-4-6-16(32)18(10-14)44-30-24(37)20(33)22(35)26(46-30)28(39)40)13(2)9-15-5-7-17(43-3)19(11-15)45-31-25(38)21(34)23(36)27(47-31)29(41)42/h4-7,10-13,20-27,30-38H,8-9H2,1-3H3,(H,39,40)(H,41,42)/t12?,13?,20-,21+,22-,23+,24+,25-,26-,27+,30+,31-/m0/s1. The van der Waals surface area contributed by atoms with Crippen LogP contribution in [0.2, 0.25) is 0 Å². The van der Waals surface area contributed by atoms with Crippen LogP contribution in [0.3, 0.4) is 0 Å². The van der Waals surface area contributed by atoms with Gasteiger partial charge < -0.3 is 69.6 Å². The fraction of sp³-hybridized carbons (Fsp3) is 0.548. The predicted octanol–water partition coefficient (Wildman–Crippen LogP) is -1.000. The first-order chi connectivity index (χ1) is 22.1. The SMILES string of the molecule is COc1ccc(CC(C)C(C)Cc2ccc(O)c(O[C@@H]3O[C@H](C(=O)O)[C@@H](O)[C@H](O)[C@H]3O)c2)cc1O[C@H]1O[C@@H](C(=O)O)[C@H](O)[C@@H](O)[C@@H]1O. The molecule has 0 aliphatic carbocycles. The molecule has 2 fully saturated rings. The van der Waals surface area contributed by atoms with Crippen molar-refractivity contribution >= 4 is 11.9 Å². The number of aliphatic hydroxyl groups excluding tert-OH is 6. The number of phenols is 1. The summed E-state index contributed by atoms with van der Waals surface area (Å²) < 4.78 is 27.0. The van der Waals surface area contributed by atoms with Crippen LogP contribution in [-0.4, -0.2) is 126 Å². The fourth-order valence-corrected chi connectivity index (χ4v) is 5.42. The van der Waals surface area contributed by atoms with Crippen LogP contribution in [0.25, 0.3) is 0 Å². The summed E-state index contributed by atoms with van der Waals surface area (Å²) in [4.78, 5) is 22.9. The molecule has 0 radical (unpaired) electrons. The number of ether oxygens (including phenoxy) is 5. The first kappa shape index (κ1) is 36.1. The Hall–Kier alpha value is -3.74. The summed E-state index contributed by atoms with van der Waals surface area (Å²) in [7, 11) is 1.38. The lowest BCUT2D eigenvalue weighted by molar-refractivity contribution is -0.271. The highest BCUT2D eigenvalue weighted by molar-refractivity contribution is 5.74.